The zero-order valence-corrected chi connectivity index (χ0v) is 18.4. The number of Topliss-reactive ketones (excluding diaryl/α,β-unsaturated/α-hetero) is 1. The molecule has 3 rings (SSSR count). The number of aliphatic hydroxyl groups is 1. The molecule has 0 saturated carbocycles. The van der Waals surface area contributed by atoms with Gasteiger partial charge in [-0.3, -0.25) is 9.59 Å². The van der Waals surface area contributed by atoms with Gasteiger partial charge >= 0.3 is 0 Å². The predicted octanol–water partition coefficient (Wildman–Crippen LogP) is 3.54. The number of nitrogens with zero attached hydrogens (tertiary/aromatic N) is 2. The third-order valence-corrected chi connectivity index (χ3v) is 5.29. The van der Waals surface area contributed by atoms with Gasteiger partial charge in [0.15, 0.2) is 0 Å². The molecule has 7 nitrogen and oxygen atoms in total. The van der Waals surface area contributed by atoms with Gasteiger partial charge < -0.3 is 24.1 Å². The number of amides is 1. The molecule has 1 saturated heterocycles. The van der Waals surface area contributed by atoms with E-state index < -0.39 is 17.7 Å². The molecule has 0 bridgehead atoms. The van der Waals surface area contributed by atoms with E-state index in [-0.39, 0.29) is 22.6 Å². The lowest BCUT2D eigenvalue weighted by Gasteiger charge is -2.25. The highest BCUT2D eigenvalue weighted by molar-refractivity contribution is 6.46. The molecule has 2 heterocycles. The molecule has 1 aliphatic rings. The Morgan fingerprint density at radius 1 is 1.27 bits per heavy atom. The number of likely N-dealkylation sites (N-methyl/N-ethyl adjacent to an activating group) is 1. The molecule has 1 aliphatic heterocycles. The van der Waals surface area contributed by atoms with Crippen molar-refractivity contribution in [1.29, 1.82) is 0 Å². The summed E-state index contributed by atoms with van der Waals surface area (Å²) in [5.41, 5.74) is 0.976. The maximum atomic E-state index is 13.0. The topological polar surface area (TPSA) is 83.2 Å². The van der Waals surface area contributed by atoms with Gasteiger partial charge in [-0.25, -0.2) is 0 Å². The number of aryl methyl sites for hydroxylation is 2. The summed E-state index contributed by atoms with van der Waals surface area (Å²) in [5.74, 6) is -0.528. The van der Waals surface area contributed by atoms with Crippen LogP contribution in [0.4, 0.5) is 0 Å². The average molecular weight is 433 g/mol. The Kier molecular flexibility index (Phi) is 6.24. The van der Waals surface area contributed by atoms with Gasteiger partial charge in [0.05, 0.1) is 23.3 Å². The lowest BCUT2D eigenvalue weighted by Crippen LogP contribution is -2.35. The summed E-state index contributed by atoms with van der Waals surface area (Å²) in [6.07, 6.45) is 0. The Labute approximate surface area is 180 Å². The van der Waals surface area contributed by atoms with E-state index in [0.29, 0.717) is 29.6 Å². The van der Waals surface area contributed by atoms with Crippen LogP contribution in [0.25, 0.3) is 5.76 Å². The number of ketones is 1. The van der Waals surface area contributed by atoms with Crippen molar-refractivity contribution in [1.82, 2.24) is 9.80 Å². The van der Waals surface area contributed by atoms with Gasteiger partial charge in [0, 0.05) is 13.1 Å². The number of methoxy groups -OCH3 is 1. The van der Waals surface area contributed by atoms with Crippen LogP contribution in [0.5, 0.6) is 5.75 Å². The van der Waals surface area contributed by atoms with E-state index >= 15 is 0 Å². The highest BCUT2D eigenvalue weighted by Gasteiger charge is 2.47. The van der Waals surface area contributed by atoms with Crippen molar-refractivity contribution >= 4 is 29.1 Å². The maximum Gasteiger partial charge on any atom is 0.295 e. The van der Waals surface area contributed by atoms with Crippen LogP contribution in [0.2, 0.25) is 5.02 Å². The van der Waals surface area contributed by atoms with Gasteiger partial charge in [-0.05, 0) is 57.8 Å². The summed E-state index contributed by atoms with van der Waals surface area (Å²) >= 11 is 6.28. The molecule has 0 aliphatic carbocycles. The third kappa shape index (κ3) is 3.95. The number of aliphatic hydroxyl groups excluding tert-OH is 1. The van der Waals surface area contributed by atoms with E-state index in [1.807, 2.05) is 25.9 Å². The van der Waals surface area contributed by atoms with Crippen molar-refractivity contribution in [3.63, 3.8) is 0 Å². The molecule has 1 amide bonds. The Bertz CT molecular complexity index is 1020. The molecule has 1 aromatic carbocycles. The van der Waals surface area contributed by atoms with Gasteiger partial charge in [0.25, 0.3) is 11.7 Å². The van der Waals surface area contributed by atoms with Crippen LogP contribution >= 0.6 is 11.6 Å². The van der Waals surface area contributed by atoms with Crippen LogP contribution in [0.3, 0.4) is 0 Å². The average Bonchev–Trinajstić information content (AvgIpc) is 3.20. The van der Waals surface area contributed by atoms with Crippen LogP contribution in [-0.2, 0) is 9.59 Å². The van der Waals surface area contributed by atoms with E-state index in [0.717, 1.165) is 5.56 Å². The second kappa shape index (κ2) is 8.53. The van der Waals surface area contributed by atoms with Crippen LogP contribution < -0.4 is 4.74 Å². The fourth-order valence-electron chi connectivity index (χ4n) is 3.57. The molecule has 1 atom stereocenters. The predicted molar refractivity (Wildman–Crippen MR) is 114 cm³/mol. The summed E-state index contributed by atoms with van der Waals surface area (Å²) in [6.45, 7) is 4.43. The Balaban J connectivity index is 2.22. The van der Waals surface area contributed by atoms with Crippen LogP contribution in [0.15, 0.2) is 34.3 Å². The summed E-state index contributed by atoms with van der Waals surface area (Å²) in [6, 6.07) is 5.98. The molecule has 0 spiro atoms. The Morgan fingerprint density at radius 3 is 2.53 bits per heavy atom. The maximum absolute atomic E-state index is 13.0. The van der Waals surface area contributed by atoms with E-state index in [9.17, 15) is 14.7 Å². The molecular formula is C22H25ClN2O5. The minimum atomic E-state index is -0.845. The van der Waals surface area contributed by atoms with Crippen molar-refractivity contribution in [3.05, 3.63) is 57.5 Å². The van der Waals surface area contributed by atoms with E-state index in [2.05, 4.69) is 0 Å². The quantitative estimate of drug-likeness (QED) is 0.427. The first-order chi connectivity index (χ1) is 14.1. The summed E-state index contributed by atoms with van der Waals surface area (Å²) in [4.78, 5) is 29.2. The Hall–Kier alpha value is -2.77. The number of carbonyl (C=O) groups is 2. The molecular weight excluding hydrogens is 408 g/mol. The van der Waals surface area contributed by atoms with Crippen LogP contribution in [0.1, 0.15) is 28.7 Å². The van der Waals surface area contributed by atoms with E-state index in [1.165, 1.54) is 12.0 Å². The minimum Gasteiger partial charge on any atom is -0.507 e. The highest BCUT2D eigenvalue weighted by Crippen LogP contribution is 2.42. The fraction of sp³-hybridized carbons (Fsp3) is 0.364. The number of likely N-dealkylation sites (tertiary alicyclic amines) is 1. The van der Waals surface area contributed by atoms with Gasteiger partial charge in [0.1, 0.15) is 29.1 Å². The van der Waals surface area contributed by atoms with Gasteiger partial charge in [0.2, 0.25) is 0 Å². The molecule has 1 aromatic heterocycles. The van der Waals surface area contributed by atoms with E-state index in [1.54, 1.807) is 31.2 Å². The molecule has 1 N–H and O–H groups in total. The monoisotopic (exact) mass is 432 g/mol. The number of hydrogen-bond acceptors (Lipinski definition) is 6. The molecule has 1 fully saturated rings. The first-order valence-electron chi connectivity index (χ1n) is 9.49. The van der Waals surface area contributed by atoms with Gasteiger partial charge in [-0.2, -0.15) is 0 Å². The normalized spacial score (nSPS) is 18.5. The lowest BCUT2D eigenvalue weighted by molar-refractivity contribution is -0.140. The molecule has 8 heteroatoms. The standard InChI is InChI=1S/C22H25ClN2O5/c1-12-10-14(21(29-5)15(23)11-12)19(26)17-18(16-7-6-13(2)30-16)25(9-8-24(3)4)22(28)20(17)27/h6-7,10-11,18,26H,8-9H2,1-5H3/b19-17+. The number of hydrogen-bond donors (Lipinski definition) is 1. The second-order valence-electron chi connectivity index (χ2n) is 7.57. The minimum absolute atomic E-state index is 0.0481. The number of benzene rings is 1. The number of rotatable bonds is 6. The summed E-state index contributed by atoms with van der Waals surface area (Å²) in [7, 11) is 5.18. The van der Waals surface area contributed by atoms with Crippen molar-refractivity contribution in [2.75, 3.05) is 34.3 Å². The first-order valence-corrected chi connectivity index (χ1v) is 9.87. The van der Waals surface area contributed by atoms with Gasteiger partial charge in [-0.1, -0.05) is 11.6 Å². The summed E-state index contributed by atoms with van der Waals surface area (Å²) in [5, 5.41) is 11.5. The van der Waals surface area contributed by atoms with Crippen molar-refractivity contribution in [2.45, 2.75) is 19.9 Å². The fourth-order valence-corrected chi connectivity index (χ4v) is 3.92. The second-order valence-corrected chi connectivity index (χ2v) is 7.98. The number of furan rings is 1. The number of ether oxygens (including phenoxy) is 1. The number of halogens is 1. The van der Waals surface area contributed by atoms with Crippen molar-refractivity contribution in [2.24, 2.45) is 0 Å². The molecule has 2 aromatic rings. The van der Waals surface area contributed by atoms with E-state index in [4.69, 9.17) is 20.8 Å². The Morgan fingerprint density at radius 2 is 1.97 bits per heavy atom. The lowest BCUT2D eigenvalue weighted by atomic mass is 9.98. The SMILES string of the molecule is COc1c(Cl)cc(C)cc1/C(O)=C1\C(=O)C(=O)N(CCN(C)C)C1c1ccc(C)o1. The molecule has 0 radical (unpaired) electrons. The zero-order chi connectivity index (χ0) is 22.2. The first kappa shape index (κ1) is 21.9. The highest BCUT2D eigenvalue weighted by atomic mass is 35.5. The zero-order valence-electron chi connectivity index (χ0n) is 17.7. The van der Waals surface area contributed by atoms with Crippen molar-refractivity contribution in [3.8, 4) is 5.75 Å². The van der Waals surface area contributed by atoms with Crippen LogP contribution in [0, 0.1) is 13.8 Å². The molecule has 1 unspecified atom stereocenters. The third-order valence-electron chi connectivity index (χ3n) is 5.01. The smallest absolute Gasteiger partial charge is 0.295 e. The van der Waals surface area contributed by atoms with Crippen LogP contribution in [-0.4, -0.2) is 60.9 Å². The molecule has 160 valence electrons. The number of carbonyl (C=O) groups excluding carboxylic acids is 2. The van der Waals surface area contributed by atoms with Gasteiger partial charge in [-0.15, -0.1) is 0 Å². The molecule has 30 heavy (non-hydrogen) atoms. The largest absolute Gasteiger partial charge is 0.507 e. The summed E-state index contributed by atoms with van der Waals surface area (Å²) < 4.78 is 11.1. The van der Waals surface area contributed by atoms with Crippen molar-refractivity contribution < 1.29 is 23.8 Å².